The maximum absolute atomic E-state index is 12.4. The van der Waals surface area contributed by atoms with Crippen LogP contribution in [-0.2, 0) is 9.53 Å². The van der Waals surface area contributed by atoms with Crippen LogP contribution >= 0.6 is 23.4 Å². The number of esters is 1. The van der Waals surface area contributed by atoms with E-state index in [4.69, 9.17) is 21.1 Å². The molecule has 27 heavy (non-hydrogen) atoms. The molecule has 1 unspecified atom stereocenters. The third-order valence-electron chi connectivity index (χ3n) is 3.63. The Balaban J connectivity index is 1.83. The van der Waals surface area contributed by atoms with Crippen molar-refractivity contribution in [2.24, 2.45) is 0 Å². The van der Waals surface area contributed by atoms with Gasteiger partial charge in [0, 0.05) is 10.6 Å². The second-order valence-corrected chi connectivity index (χ2v) is 7.07. The number of rotatable bonds is 10. The fraction of sp³-hybridized carbons (Fsp3) is 0.300. The van der Waals surface area contributed by atoms with E-state index in [-0.39, 0.29) is 19.1 Å². The van der Waals surface area contributed by atoms with E-state index in [1.54, 1.807) is 60.3 Å². The first-order valence-electron chi connectivity index (χ1n) is 8.50. The molecule has 1 N–H and O–H groups in total. The quantitative estimate of drug-likeness (QED) is 0.479. The van der Waals surface area contributed by atoms with E-state index in [1.807, 2.05) is 12.3 Å². The molecule has 2 aromatic rings. The number of hydrogen-bond donors (Lipinski definition) is 1. The van der Waals surface area contributed by atoms with E-state index in [1.165, 1.54) is 0 Å². The molecule has 2 rings (SSSR count). The lowest BCUT2D eigenvalue weighted by Crippen LogP contribution is -2.42. The van der Waals surface area contributed by atoms with Gasteiger partial charge in [-0.1, -0.05) is 35.9 Å². The molecule has 2 aromatic carbocycles. The van der Waals surface area contributed by atoms with Crippen molar-refractivity contribution in [1.82, 2.24) is 5.32 Å². The third kappa shape index (κ3) is 7.53. The minimum Gasteiger partial charge on any atom is -0.490 e. The fourth-order valence-corrected chi connectivity index (χ4v) is 2.93. The third-order valence-corrected chi connectivity index (χ3v) is 4.51. The number of ether oxygens (including phenoxy) is 2. The van der Waals surface area contributed by atoms with Gasteiger partial charge in [-0.2, -0.15) is 11.8 Å². The molecule has 0 bridgehead atoms. The molecule has 144 valence electrons. The van der Waals surface area contributed by atoms with Crippen LogP contribution in [0.4, 0.5) is 0 Å². The Hall–Kier alpha value is -2.18. The second-order valence-electron chi connectivity index (χ2n) is 5.65. The smallest absolute Gasteiger partial charge is 0.328 e. The Bertz CT molecular complexity index is 742. The Labute approximate surface area is 168 Å². The summed E-state index contributed by atoms with van der Waals surface area (Å²) in [5.74, 6) is 0.570. The maximum Gasteiger partial charge on any atom is 0.328 e. The summed E-state index contributed by atoms with van der Waals surface area (Å²) in [6, 6.07) is 15.1. The van der Waals surface area contributed by atoms with Crippen LogP contribution in [0.2, 0.25) is 5.02 Å². The fourth-order valence-electron chi connectivity index (χ4n) is 2.27. The van der Waals surface area contributed by atoms with Crippen molar-refractivity contribution in [1.29, 1.82) is 0 Å². The SMILES string of the molecule is CSCCC(NC(=O)c1ccccc1)C(=O)OCCOc1cccc(Cl)c1. The van der Waals surface area contributed by atoms with E-state index in [0.29, 0.717) is 22.8 Å². The number of hydrogen-bond acceptors (Lipinski definition) is 5. The molecule has 0 radical (unpaired) electrons. The minimum atomic E-state index is -0.698. The van der Waals surface area contributed by atoms with Gasteiger partial charge in [-0.15, -0.1) is 0 Å². The molecule has 0 aliphatic carbocycles. The van der Waals surface area contributed by atoms with Gasteiger partial charge in [0.25, 0.3) is 5.91 Å². The lowest BCUT2D eigenvalue weighted by Gasteiger charge is -2.17. The van der Waals surface area contributed by atoms with Crippen molar-refractivity contribution in [3.05, 3.63) is 65.2 Å². The molecule has 0 saturated heterocycles. The van der Waals surface area contributed by atoms with Crippen LogP contribution in [-0.4, -0.2) is 43.1 Å². The van der Waals surface area contributed by atoms with Crippen molar-refractivity contribution in [2.45, 2.75) is 12.5 Å². The van der Waals surface area contributed by atoms with Gasteiger partial charge in [-0.25, -0.2) is 4.79 Å². The monoisotopic (exact) mass is 407 g/mol. The van der Waals surface area contributed by atoms with Crippen LogP contribution < -0.4 is 10.1 Å². The number of benzene rings is 2. The van der Waals surface area contributed by atoms with Crippen LogP contribution in [0, 0.1) is 0 Å². The molecule has 0 aromatic heterocycles. The largest absolute Gasteiger partial charge is 0.490 e. The molecular formula is C20H22ClNO4S. The van der Waals surface area contributed by atoms with Crippen molar-refractivity contribution < 1.29 is 19.1 Å². The zero-order valence-electron chi connectivity index (χ0n) is 15.0. The average Bonchev–Trinajstić information content (AvgIpc) is 2.69. The number of amides is 1. The molecule has 0 heterocycles. The zero-order chi connectivity index (χ0) is 19.5. The van der Waals surface area contributed by atoms with Gasteiger partial charge in [0.2, 0.25) is 0 Å². The molecule has 5 nitrogen and oxygen atoms in total. The summed E-state index contributed by atoms with van der Waals surface area (Å²) in [7, 11) is 0. The normalized spacial score (nSPS) is 11.5. The van der Waals surface area contributed by atoms with Gasteiger partial charge < -0.3 is 14.8 Å². The van der Waals surface area contributed by atoms with E-state index >= 15 is 0 Å². The highest BCUT2D eigenvalue weighted by atomic mass is 35.5. The molecule has 0 aliphatic heterocycles. The van der Waals surface area contributed by atoms with Crippen LogP contribution in [0.1, 0.15) is 16.8 Å². The number of thioether (sulfide) groups is 1. The van der Waals surface area contributed by atoms with Gasteiger partial charge in [0.05, 0.1) is 0 Å². The van der Waals surface area contributed by atoms with Gasteiger partial charge in [0.1, 0.15) is 25.0 Å². The average molecular weight is 408 g/mol. The van der Waals surface area contributed by atoms with Gasteiger partial charge in [-0.3, -0.25) is 4.79 Å². The molecule has 1 amide bonds. The van der Waals surface area contributed by atoms with E-state index in [2.05, 4.69) is 5.32 Å². The second kappa shape index (κ2) is 11.5. The summed E-state index contributed by atoms with van der Waals surface area (Å²) in [5.41, 5.74) is 0.503. The Morgan fingerprint density at radius 3 is 2.59 bits per heavy atom. The maximum atomic E-state index is 12.4. The zero-order valence-corrected chi connectivity index (χ0v) is 16.6. The highest BCUT2D eigenvalue weighted by molar-refractivity contribution is 7.98. The first-order chi connectivity index (χ1) is 13.1. The van der Waals surface area contributed by atoms with Crippen molar-refractivity contribution in [2.75, 3.05) is 25.2 Å². The molecule has 0 fully saturated rings. The standard InChI is InChI=1S/C20H22ClNO4S/c1-27-13-10-18(22-19(23)15-6-3-2-4-7-15)20(24)26-12-11-25-17-9-5-8-16(21)14-17/h2-9,14,18H,10-13H2,1H3,(H,22,23). The van der Waals surface area contributed by atoms with Crippen molar-refractivity contribution in [3.63, 3.8) is 0 Å². The predicted octanol–water partition coefficient (Wildman–Crippen LogP) is 3.81. The van der Waals surface area contributed by atoms with E-state index in [9.17, 15) is 9.59 Å². The Morgan fingerprint density at radius 2 is 1.89 bits per heavy atom. The summed E-state index contributed by atoms with van der Waals surface area (Å²) >= 11 is 7.49. The van der Waals surface area contributed by atoms with Gasteiger partial charge in [0.15, 0.2) is 0 Å². The molecule has 0 saturated carbocycles. The first-order valence-corrected chi connectivity index (χ1v) is 10.3. The van der Waals surface area contributed by atoms with Gasteiger partial charge in [-0.05, 0) is 48.8 Å². The lowest BCUT2D eigenvalue weighted by molar-refractivity contribution is -0.146. The van der Waals surface area contributed by atoms with E-state index < -0.39 is 12.0 Å². The number of nitrogens with one attached hydrogen (secondary N) is 1. The number of halogens is 1. The summed E-state index contributed by atoms with van der Waals surface area (Å²) in [5, 5.41) is 3.32. The topological polar surface area (TPSA) is 64.6 Å². The van der Waals surface area contributed by atoms with Crippen molar-refractivity contribution in [3.8, 4) is 5.75 Å². The molecule has 1 atom stereocenters. The summed E-state index contributed by atoms with van der Waals surface area (Å²) in [6.45, 7) is 0.288. The molecular weight excluding hydrogens is 386 g/mol. The van der Waals surface area contributed by atoms with Crippen LogP contribution in [0.3, 0.4) is 0 Å². The lowest BCUT2D eigenvalue weighted by atomic mass is 10.1. The summed E-state index contributed by atoms with van der Waals surface area (Å²) in [6.07, 6.45) is 2.44. The molecule has 7 heteroatoms. The van der Waals surface area contributed by atoms with Crippen LogP contribution in [0.5, 0.6) is 5.75 Å². The first kappa shape index (κ1) is 21.1. The summed E-state index contributed by atoms with van der Waals surface area (Å²) < 4.78 is 10.8. The van der Waals surface area contributed by atoms with Crippen LogP contribution in [0.15, 0.2) is 54.6 Å². The predicted molar refractivity (Wildman–Crippen MR) is 109 cm³/mol. The number of carbonyl (C=O) groups excluding carboxylic acids is 2. The molecule has 0 aliphatic rings. The van der Waals surface area contributed by atoms with Gasteiger partial charge >= 0.3 is 5.97 Å². The highest BCUT2D eigenvalue weighted by Gasteiger charge is 2.22. The Morgan fingerprint density at radius 1 is 1.11 bits per heavy atom. The number of carbonyl (C=O) groups is 2. The Kier molecular flexibility index (Phi) is 9.01. The minimum absolute atomic E-state index is 0.0856. The van der Waals surface area contributed by atoms with Crippen molar-refractivity contribution >= 4 is 35.2 Å². The highest BCUT2D eigenvalue weighted by Crippen LogP contribution is 2.16. The van der Waals surface area contributed by atoms with E-state index in [0.717, 1.165) is 5.75 Å². The summed E-state index contributed by atoms with van der Waals surface area (Å²) in [4.78, 5) is 24.7. The van der Waals surface area contributed by atoms with Crippen LogP contribution in [0.25, 0.3) is 0 Å². The molecule has 0 spiro atoms.